The average Bonchev–Trinajstić information content (AvgIpc) is 3.37. The first-order chi connectivity index (χ1) is 15.0. The van der Waals surface area contributed by atoms with Crippen molar-refractivity contribution in [3.63, 3.8) is 0 Å². The maximum absolute atomic E-state index is 12.5. The van der Waals surface area contributed by atoms with E-state index in [4.69, 9.17) is 9.15 Å². The van der Waals surface area contributed by atoms with Gasteiger partial charge in [0.05, 0.1) is 18.9 Å². The lowest BCUT2D eigenvalue weighted by atomic mass is 10.1. The molecule has 1 aromatic heterocycles. The minimum Gasteiger partial charge on any atom is -0.494 e. The van der Waals surface area contributed by atoms with Crippen molar-refractivity contribution in [2.45, 2.75) is 32.6 Å². The summed E-state index contributed by atoms with van der Waals surface area (Å²) in [6.45, 7) is 4.94. The molecule has 8 nitrogen and oxygen atoms in total. The van der Waals surface area contributed by atoms with Crippen LogP contribution in [0.25, 0.3) is 0 Å². The second-order valence-electron chi connectivity index (χ2n) is 7.49. The van der Waals surface area contributed by atoms with E-state index in [-0.39, 0.29) is 36.6 Å². The minimum atomic E-state index is -0.238. The molecule has 0 saturated carbocycles. The molecule has 1 N–H and O–H groups in total. The standard InChI is InChI=1S/C23H24N4O4/c1-3-30-19-10-8-18(9-11-19)27-14-17(13-21(27)29)22-25-26-23(31-22)24-20(28)12-16-6-4-15(2)5-7-16/h4-11,17H,3,12-14H2,1-2H3,(H,24,26,28)/t17-/m0/s1. The Morgan fingerprint density at radius 2 is 1.90 bits per heavy atom. The van der Waals surface area contributed by atoms with E-state index in [0.29, 0.717) is 19.0 Å². The van der Waals surface area contributed by atoms with Gasteiger partial charge in [0.15, 0.2) is 0 Å². The number of ether oxygens (including phenoxy) is 1. The molecule has 1 aliphatic rings. The number of carbonyl (C=O) groups excluding carboxylic acids is 2. The molecule has 2 amide bonds. The zero-order chi connectivity index (χ0) is 21.8. The highest BCUT2D eigenvalue weighted by molar-refractivity contribution is 5.96. The molecule has 4 rings (SSSR count). The topological polar surface area (TPSA) is 97.6 Å². The second kappa shape index (κ2) is 8.99. The van der Waals surface area contributed by atoms with Gasteiger partial charge in [0, 0.05) is 18.7 Å². The molecule has 0 unspecified atom stereocenters. The molecular formula is C23H24N4O4. The van der Waals surface area contributed by atoms with Gasteiger partial charge in [-0.3, -0.25) is 14.9 Å². The Hall–Kier alpha value is -3.68. The molecule has 31 heavy (non-hydrogen) atoms. The number of carbonyl (C=O) groups is 2. The molecule has 3 aromatic rings. The normalized spacial score (nSPS) is 15.9. The summed E-state index contributed by atoms with van der Waals surface area (Å²) in [7, 11) is 0. The molecule has 8 heteroatoms. The first-order valence-electron chi connectivity index (χ1n) is 10.2. The predicted octanol–water partition coefficient (Wildman–Crippen LogP) is 3.48. The van der Waals surface area contributed by atoms with Crippen LogP contribution in [0.2, 0.25) is 0 Å². The van der Waals surface area contributed by atoms with Crippen molar-refractivity contribution in [1.29, 1.82) is 0 Å². The number of benzene rings is 2. The molecule has 1 saturated heterocycles. The Kier molecular flexibility index (Phi) is 5.97. The first-order valence-corrected chi connectivity index (χ1v) is 10.2. The number of aromatic nitrogens is 2. The van der Waals surface area contributed by atoms with Crippen molar-refractivity contribution in [2.24, 2.45) is 0 Å². The lowest BCUT2D eigenvalue weighted by molar-refractivity contribution is -0.117. The molecule has 1 atom stereocenters. The summed E-state index contributed by atoms with van der Waals surface area (Å²) in [5.41, 5.74) is 2.83. The SMILES string of the molecule is CCOc1ccc(N2C[C@@H](c3nnc(NC(=O)Cc4ccc(C)cc4)o3)CC2=O)cc1. The molecule has 0 radical (unpaired) electrons. The zero-order valence-electron chi connectivity index (χ0n) is 17.5. The maximum atomic E-state index is 12.5. The van der Waals surface area contributed by atoms with Gasteiger partial charge >= 0.3 is 6.01 Å². The van der Waals surface area contributed by atoms with E-state index < -0.39 is 0 Å². The van der Waals surface area contributed by atoms with Crippen LogP contribution in [-0.4, -0.2) is 35.2 Å². The van der Waals surface area contributed by atoms with Crippen LogP contribution in [0.5, 0.6) is 5.75 Å². The third kappa shape index (κ3) is 4.91. The van der Waals surface area contributed by atoms with Crippen LogP contribution in [0.4, 0.5) is 11.7 Å². The van der Waals surface area contributed by atoms with Crippen molar-refractivity contribution in [2.75, 3.05) is 23.4 Å². The lowest BCUT2D eigenvalue weighted by Crippen LogP contribution is -2.24. The Morgan fingerprint density at radius 1 is 1.16 bits per heavy atom. The van der Waals surface area contributed by atoms with Gasteiger partial charge in [-0.2, -0.15) is 0 Å². The molecule has 0 aliphatic carbocycles. The van der Waals surface area contributed by atoms with Crippen molar-refractivity contribution < 1.29 is 18.7 Å². The Balaban J connectivity index is 1.37. The van der Waals surface area contributed by atoms with Gasteiger partial charge in [0.25, 0.3) is 0 Å². The zero-order valence-corrected chi connectivity index (χ0v) is 17.5. The summed E-state index contributed by atoms with van der Waals surface area (Å²) in [5, 5.41) is 10.6. The van der Waals surface area contributed by atoms with Crippen molar-refractivity contribution in [3.05, 3.63) is 65.5 Å². The van der Waals surface area contributed by atoms with E-state index >= 15 is 0 Å². The van der Waals surface area contributed by atoms with Crippen LogP contribution in [0.3, 0.4) is 0 Å². The van der Waals surface area contributed by atoms with Crippen LogP contribution >= 0.6 is 0 Å². The molecule has 2 aromatic carbocycles. The van der Waals surface area contributed by atoms with Crippen LogP contribution in [0.1, 0.15) is 36.3 Å². The highest BCUT2D eigenvalue weighted by Crippen LogP contribution is 2.32. The largest absolute Gasteiger partial charge is 0.494 e. The molecule has 1 aliphatic heterocycles. The van der Waals surface area contributed by atoms with E-state index in [0.717, 1.165) is 22.6 Å². The van der Waals surface area contributed by atoms with Crippen molar-refractivity contribution in [1.82, 2.24) is 10.2 Å². The molecule has 1 fully saturated rings. The number of nitrogens with one attached hydrogen (secondary N) is 1. The van der Waals surface area contributed by atoms with Crippen LogP contribution < -0.4 is 15.0 Å². The smallest absolute Gasteiger partial charge is 0.322 e. The number of anilines is 2. The van der Waals surface area contributed by atoms with Gasteiger partial charge in [0.2, 0.25) is 17.7 Å². The molecule has 2 heterocycles. The highest BCUT2D eigenvalue weighted by atomic mass is 16.5. The highest BCUT2D eigenvalue weighted by Gasteiger charge is 2.35. The van der Waals surface area contributed by atoms with Crippen molar-refractivity contribution in [3.8, 4) is 5.75 Å². The molecule has 160 valence electrons. The predicted molar refractivity (Wildman–Crippen MR) is 115 cm³/mol. The van der Waals surface area contributed by atoms with Crippen LogP contribution in [0.15, 0.2) is 52.9 Å². The van der Waals surface area contributed by atoms with Gasteiger partial charge in [-0.1, -0.05) is 34.9 Å². The number of nitrogens with zero attached hydrogens (tertiary/aromatic N) is 3. The van der Waals surface area contributed by atoms with Gasteiger partial charge in [0.1, 0.15) is 5.75 Å². The summed E-state index contributed by atoms with van der Waals surface area (Å²) in [5.74, 6) is 0.619. The van der Waals surface area contributed by atoms with E-state index in [1.54, 1.807) is 4.90 Å². The first kappa shape index (κ1) is 20.6. The quantitative estimate of drug-likeness (QED) is 0.628. The monoisotopic (exact) mass is 420 g/mol. The van der Waals surface area contributed by atoms with Gasteiger partial charge in [-0.05, 0) is 43.7 Å². The summed E-state index contributed by atoms with van der Waals surface area (Å²) in [4.78, 5) is 26.5. The fraction of sp³-hybridized carbons (Fsp3) is 0.304. The Labute approximate surface area is 180 Å². The molecular weight excluding hydrogens is 396 g/mol. The summed E-state index contributed by atoms with van der Waals surface area (Å²) in [6.07, 6.45) is 0.484. The summed E-state index contributed by atoms with van der Waals surface area (Å²) < 4.78 is 11.1. The number of rotatable bonds is 7. The Bertz CT molecular complexity index is 1060. The summed E-state index contributed by atoms with van der Waals surface area (Å²) in [6, 6.07) is 15.2. The van der Waals surface area contributed by atoms with Gasteiger partial charge in [-0.15, -0.1) is 5.10 Å². The number of hydrogen-bond donors (Lipinski definition) is 1. The van der Waals surface area contributed by atoms with Crippen LogP contribution in [0, 0.1) is 6.92 Å². The third-order valence-corrected chi connectivity index (χ3v) is 5.11. The lowest BCUT2D eigenvalue weighted by Gasteiger charge is -2.16. The molecule has 0 spiro atoms. The average molecular weight is 420 g/mol. The summed E-state index contributed by atoms with van der Waals surface area (Å²) >= 11 is 0. The number of hydrogen-bond acceptors (Lipinski definition) is 6. The number of aryl methyl sites for hydroxylation is 1. The van der Waals surface area contributed by atoms with Crippen LogP contribution in [-0.2, 0) is 16.0 Å². The second-order valence-corrected chi connectivity index (χ2v) is 7.49. The fourth-order valence-corrected chi connectivity index (χ4v) is 3.52. The van der Waals surface area contributed by atoms with E-state index in [1.165, 1.54) is 0 Å². The van der Waals surface area contributed by atoms with E-state index in [2.05, 4.69) is 15.5 Å². The number of amides is 2. The van der Waals surface area contributed by atoms with E-state index in [1.807, 2.05) is 62.4 Å². The fourth-order valence-electron chi connectivity index (χ4n) is 3.52. The Morgan fingerprint density at radius 3 is 2.61 bits per heavy atom. The van der Waals surface area contributed by atoms with Crippen molar-refractivity contribution >= 4 is 23.5 Å². The minimum absolute atomic E-state index is 0.0164. The van der Waals surface area contributed by atoms with Gasteiger partial charge < -0.3 is 14.1 Å². The van der Waals surface area contributed by atoms with E-state index in [9.17, 15) is 9.59 Å². The third-order valence-electron chi connectivity index (χ3n) is 5.11. The van der Waals surface area contributed by atoms with Gasteiger partial charge in [-0.25, -0.2) is 0 Å². The molecule has 0 bridgehead atoms. The maximum Gasteiger partial charge on any atom is 0.322 e.